The van der Waals surface area contributed by atoms with E-state index in [1.165, 1.54) is 0 Å². The molecule has 3 heteroatoms. The number of Topliss-reactive ketones (excluding diaryl/α,β-unsaturated/α-hetero) is 1. The largest absolute Gasteiger partial charge is 0.307 e. The summed E-state index contributed by atoms with van der Waals surface area (Å²) < 4.78 is 0. The number of nitrogens with zero attached hydrogens (tertiary/aromatic N) is 1. The van der Waals surface area contributed by atoms with Crippen LogP contribution in [0.2, 0.25) is 0 Å². The van der Waals surface area contributed by atoms with Gasteiger partial charge in [-0.3, -0.25) is 9.59 Å². The first-order chi connectivity index (χ1) is 12.1. The number of anilines is 1. The fourth-order valence-corrected chi connectivity index (χ4v) is 3.03. The number of ketones is 1. The third kappa shape index (κ3) is 3.87. The van der Waals surface area contributed by atoms with Gasteiger partial charge in [0, 0.05) is 18.8 Å². The molecule has 0 bridgehead atoms. The number of amides is 1. The van der Waals surface area contributed by atoms with E-state index in [9.17, 15) is 9.59 Å². The van der Waals surface area contributed by atoms with E-state index in [1.807, 2.05) is 67.3 Å². The maximum absolute atomic E-state index is 12.9. The Morgan fingerprint density at radius 3 is 2.32 bits per heavy atom. The van der Waals surface area contributed by atoms with E-state index >= 15 is 0 Å². The van der Waals surface area contributed by atoms with Gasteiger partial charge in [0.2, 0.25) is 5.91 Å². The molecule has 1 aliphatic heterocycles. The highest BCUT2D eigenvalue weighted by Gasteiger charge is 2.21. The van der Waals surface area contributed by atoms with Crippen LogP contribution in [0.15, 0.2) is 48.5 Å². The van der Waals surface area contributed by atoms with Crippen molar-refractivity contribution in [3.8, 4) is 0 Å². The topological polar surface area (TPSA) is 37.4 Å². The third-order valence-electron chi connectivity index (χ3n) is 4.58. The van der Waals surface area contributed by atoms with Crippen molar-refractivity contribution in [2.45, 2.75) is 33.2 Å². The van der Waals surface area contributed by atoms with Gasteiger partial charge in [-0.15, -0.1) is 0 Å². The smallest absolute Gasteiger partial charge is 0.227 e. The second-order valence-electron chi connectivity index (χ2n) is 6.69. The van der Waals surface area contributed by atoms with Crippen molar-refractivity contribution < 1.29 is 9.59 Å². The zero-order valence-electron chi connectivity index (χ0n) is 14.7. The summed E-state index contributed by atoms with van der Waals surface area (Å²) in [5, 5.41) is 0. The minimum Gasteiger partial charge on any atom is -0.307 e. The first kappa shape index (κ1) is 17.2. The molecule has 0 spiro atoms. The van der Waals surface area contributed by atoms with Crippen LogP contribution in [0, 0.1) is 5.92 Å². The van der Waals surface area contributed by atoms with Gasteiger partial charge in [0.05, 0.1) is 12.2 Å². The second-order valence-corrected chi connectivity index (χ2v) is 6.69. The lowest BCUT2D eigenvalue weighted by molar-refractivity contribution is -0.125. The highest BCUT2D eigenvalue weighted by molar-refractivity contribution is 5.98. The van der Waals surface area contributed by atoms with Gasteiger partial charge >= 0.3 is 0 Å². The summed E-state index contributed by atoms with van der Waals surface area (Å²) in [5.41, 5.74) is 4.14. The SMILES string of the molecule is CC(C)C(=O)CCC(=O)N1Cc2ccccc2/C=C\c2ccccc21. The fraction of sp³-hybridized carbons (Fsp3) is 0.273. The van der Waals surface area contributed by atoms with Crippen molar-refractivity contribution in [3.63, 3.8) is 0 Å². The van der Waals surface area contributed by atoms with E-state index < -0.39 is 0 Å². The number of hydrogen-bond donors (Lipinski definition) is 0. The molecule has 0 unspecified atom stereocenters. The molecule has 0 saturated carbocycles. The molecule has 0 aliphatic carbocycles. The minimum absolute atomic E-state index is 0.00782. The zero-order valence-corrected chi connectivity index (χ0v) is 14.7. The quantitative estimate of drug-likeness (QED) is 0.812. The van der Waals surface area contributed by atoms with Gasteiger partial charge < -0.3 is 4.90 Å². The lowest BCUT2D eigenvalue weighted by Crippen LogP contribution is -2.32. The summed E-state index contributed by atoms with van der Waals surface area (Å²) in [6, 6.07) is 16.0. The number of carbonyl (C=O) groups is 2. The Hall–Kier alpha value is -2.68. The van der Waals surface area contributed by atoms with E-state index in [1.54, 1.807) is 0 Å². The number of hydrogen-bond acceptors (Lipinski definition) is 2. The summed E-state index contributed by atoms with van der Waals surface area (Å²) in [7, 11) is 0. The van der Waals surface area contributed by atoms with Crippen LogP contribution in [0.25, 0.3) is 12.2 Å². The third-order valence-corrected chi connectivity index (χ3v) is 4.58. The van der Waals surface area contributed by atoms with Crippen molar-refractivity contribution in [3.05, 3.63) is 65.2 Å². The maximum Gasteiger partial charge on any atom is 0.227 e. The van der Waals surface area contributed by atoms with Crippen LogP contribution >= 0.6 is 0 Å². The molecule has 25 heavy (non-hydrogen) atoms. The lowest BCUT2D eigenvalue weighted by atomic mass is 10.00. The number of carbonyl (C=O) groups excluding carboxylic acids is 2. The molecular formula is C22H23NO2. The molecule has 2 aromatic carbocycles. The van der Waals surface area contributed by atoms with E-state index in [0.717, 1.165) is 22.4 Å². The van der Waals surface area contributed by atoms with E-state index in [0.29, 0.717) is 13.0 Å². The molecule has 0 atom stereocenters. The highest BCUT2D eigenvalue weighted by atomic mass is 16.2. The molecule has 0 aromatic heterocycles. The Kier molecular flexibility index (Phi) is 5.13. The number of para-hydroxylation sites is 1. The lowest BCUT2D eigenvalue weighted by Gasteiger charge is -2.27. The zero-order chi connectivity index (χ0) is 17.8. The van der Waals surface area contributed by atoms with Gasteiger partial charge in [-0.25, -0.2) is 0 Å². The molecule has 1 aliphatic rings. The average molecular weight is 333 g/mol. The average Bonchev–Trinajstić information content (AvgIpc) is 2.61. The molecule has 1 amide bonds. The summed E-state index contributed by atoms with van der Waals surface area (Å²) in [6.45, 7) is 4.27. The summed E-state index contributed by atoms with van der Waals surface area (Å²) in [5.74, 6) is 0.0941. The molecule has 0 radical (unpaired) electrons. The Bertz CT molecular complexity index is 820. The van der Waals surface area contributed by atoms with Gasteiger partial charge in [-0.2, -0.15) is 0 Å². The Morgan fingerprint density at radius 1 is 0.920 bits per heavy atom. The molecule has 0 saturated heterocycles. The molecule has 0 N–H and O–H groups in total. The van der Waals surface area contributed by atoms with E-state index in [-0.39, 0.29) is 24.0 Å². The van der Waals surface area contributed by atoms with Gasteiger partial charge in [0.15, 0.2) is 0 Å². The molecule has 0 fully saturated rings. The van der Waals surface area contributed by atoms with Crippen molar-refractivity contribution in [2.24, 2.45) is 5.92 Å². The summed E-state index contributed by atoms with van der Waals surface area (Å²) >= 11 is 0. The van der Waals surface area contributed by atoms with Gasteiger partial charge in [0.25, 0.3) is 0 Å². The maximum atomic E-state index is 12.9. The predicted molar refractivity (Wildman–Crippen MR) is 102 cm³/mol. The molecule has 2 aromatic rings. The molecule has 128 valence electrons. The van der Waals surface area contributed by atoms with Gasteiger partial charge in [0.1, 0.15) is 5.78 Å². The minimum atomic E-state index is -0.0314. The Balaban J connectivity index is 1.93. The van der Waals surface area contributed by atoms with E-state index in [4.69, 9.17) is 0 Å². The number of benzene rings is 2. The summed E-state index contributed by atoms with van der Waals surface area (Å²) in [4.78, 5) is 26.6. The second kappa shape index (κ2) is 7.47. The van der Waals surface area contributed by atoms with E-state index in [2.05, 4.69) is 12.1 Å². The normalized spacial score (nSPS) is 14.3. The van der Waals surface area contributed by atoms with Crippen LogP contribution in [0.5, 0.6) is 0 Å². The van der Waals surface area contributed by atoms with Crippen LogP contribution in [-0.2, 0) is 16.1 Å². The molecule has 1 heterocycles. The monoisotopic (exact) mass is 333 g/mol. The molecule has 3 rings (SSSR count). The van der Waals surface area contributed by atoms with Crippen molar-refractivity contribution in [1.82, 2.24) is 0 Å². The number of rotatable bonds is 4. The Morgan fingerprint density at radius 2 is 1.56 bits per heavy atom. The first-order valence-corrected chi connectivity index (χ1v) is 8.74. The van der Waals surface area contributed by atoms with Crippen molar-refractivity contribution in [2.75, 3.05) is 4.90 Å². The van der Waals surface area contributed by atoms with Crippen molar-refractivity contribution in [1.29, 1.82) is 0 Å². The fourth-order valence-electron chi connectivity index (χ4n) is 3.03. The Labute approximate surface area is 149 Å². The number of fused-ring (bicyclic) bond motifs is 2. The van der Waals surface area contributed by atoms with Crippen LogP contribution in [0.3, 0.4) is 0 Å². The predicted octanol–water partition coefficient (Wildman–Crippen LogP) is 4.71. The van der Waals surface area contributed by atoms with Crippen LogP contribution < -0.4 is 4.90 Å². The van der Waals surface area contributed by atoms with Crippen LogP contribution in [-0.4, -0.2) is 11.7 Å². The van der Waals surface area contributed by atoms with Gasteiger partial charge in [-0.1, -0.05) is 68.5 Å². The molecule has 3 nitrogen and oxygen atoms in total. The first-order valence-electron chi connectivity index (χ1n) is 8.74. The molecular weight excluding hydrogens is 310 g/mol. The summed E-state index contributed by atoms with van der Waals surface area (Å²) in [6.07, 6.45) is 4.69. The highest BCUT2D eigenvalue weighted by Crippen LogP contribution is 2.29. The standard InChI is InChI=1S/C22H23NO2/c1-16(2)21(24)13-14-22(25)23-15-19-9-4-3-7-17(19)11-12-18-8-5-6-10-20(18)23/h3-12,16H,13-15H2,1-2H3/b12-11-. The van der Waals surface area contributed by atoms with Crippen LogP contribution in [0.4, 0.5) is 5.69 Å². The van der Waals surface area contributed by atoms with Crippen LogP contribution in [0.1, 0.15) is 43.4 Å². The van der Waals surface area contributed by atoms with Gasteiger partial charge in [-0.05, 0) is 22.8 Å². The van der Waals surface area contributed by atoms with Crippen molar-refractivity contribution >= 4 is 29.5 Å².